The van der Waals surface area contributed by atoms with E-state index in [1.807, 2.05) is 0 Å². The number of aromatic nitrogens is 2. The SMILES string of the molecule is Cc1ccc(-c2noc(COC(=O)COc3ccc(N4CCCC4=O)cc3)n2)cc1F. The molecule has 0 aliphatic carbocycles. The number of rotatable bonds is 7. The third kappa shape index (κ3) is 4.88. The van der Waals surface area contributed by atoms with E-state index in [0.29, 0.717) is 29.8 Å². The lowest BCUT2D eigenvalue weighted by molar-refractivity contribution is -0.148. The van der Waals surface area contributed by atoms with Gasteiger partial charge in [-0.1, -0.05) is 17.3 Å². The zero-order chi connectivity index (χ0) is 21.8. The number of amides is 1. The second kappa shape index (κ2) is 8.95. The Labute approximate surface area is 177 Å². The quantitative estimate of drug-likeness (QED) is 0.535. The number of carbonyl (C=O) groups is 2. The number of benzene rings is 2. The minimum absolute atomic E-state index is 0.0870. The zero-order valence-electron chi connectivity index (χ0n) is 16.8. The monoisotopic (exact) mass is 425 g/mol. The Bertz CT molecular complexity index is 1100. The van der Waals surface area contributed by atoms with Crippen LogP contribution in [0.3, 0.4) is 0 Å². The third-order valence-corrected chi connectivity index (χ3v) is 4.83. The summed E-state index contributed by atoms with van der Waals surface area (Å²) in [6.07, 6.45) is 1.42. The average Bonchev–Trinajstić information content (AvgIpc) is 3.42. The van der Waals surface area contributed by atoms with Crippen molar-refractivity contribution in [2.45, 2.75) is 26.4 Å². The number of nitrogens with zero attached hydrogens (tertiary/aromatic N) is 3. The molecule has 0 spiro atoms. The Morgan fingerprint density at radius 1 is 1.23 bits per heavy atom. The molecule has 1 saturated heterocycles. The molecule has 1 fully saturated rings. The van der Waals surface area contributed by atoms with Crippen LogP contribution < -0.4 is 9.64 Å². The van der Waals surface area contributed by atoms with E-state index >= 15 is 0 Å². The van der Waals surface area contributed by atoms with Crippen molar-refractivity contribution in [3.63, 3.8) is 0 Å². The highest BCUT2D eigenvalue weighted by Crippen LogP contribution is 2.24. The van der Waals surface area contributed by atoms with E-state index < -0.39 is 5.97 Å². The molecule has 1 aromatic heterocycles. The number of esters is 1. The summed E-state index contributed by atoms with van der Waals surface area (Å²) in [7, 11) is 0. The molecule has 9 heteroatoms. The number of halogens is 1. The van der Waals surface area contributed by atoms with Crippen LogP contribution in [-0.2, 0) is 20.9 Å². The lowest BCUT2D eigenvalue weighted by atomic mass is 10.1. The zero-order valence-corrected chi connectivity index (χ0v) is 16.8. The molecule has 31 heavy (non-hydrogen) atoms. The van der Waals surface area contributed by atoms with Crippen LogP contribution in [0.4, 0.5) is 10.1 Å². The molecule has 0 bridgehead atoms. The predicted octanol–water partition coefficient (Wildman–Crippen LogP) is 3.43. The van der Waals surface area contributed by atoms with E-state index in [4.69, 9.17) is 14.0 Å². The maximum absolute atomic E-state index is 13.7. The normalized spacial score (nSPS) is 13.5. The van der Waals surface area contributed by atoms with Crippen molar-refractivity contribution in [2.24, 2.45) is 0 Å². The Kier molecular flexibility index (Phi) is 5.92. The Morgan fingerprint density at radius 2 is 2.03 bits per heavy atom. The smallest absolute Gasteiger partial charge is 0.344 e. The summed E-state index contributed by atoms with van der Waals surface area (Å²) in [6.45, 7) is 1.85. The molecular weight excluding hydrogens is 405 g/mol. The van der Waals surface area contributed by atoms with Crippen molar-refractivity contribution >= 4 is 17.6 Å². The van der Waals surface area contributed by atoms with Crippen molar-refractivity contribution in [1.29, 1.82) is 0 Å². The summed E-state index contributed by atoms with van der Waals surface area (Å²) >= 11 is 0. The van der Waals surface area contributed by atoms with E-state index in [1.54, 1.807) is 48.2 Å². The molecule has 1 amide bonds. The van der Waals surface area contributed by atoms with Gasteiger partial charge < -0.3 is 18.9 Å². The Balaban J connectivity index is 1.25. The van der Waals surface area contributed by atoms with Crippen molar-refractivity contribution in [3.8, 4) is 17.1 Å². The van der Waals surface area contributed by atoms with E-state index in [2.05, 4.69) is 10.1 Å². The van der Waals surface area contributed by atoms with Gasteiger partial charge in [0.1, 0.15) is 11.6 Å². The van der Waals surface area contributed by atoms with Crippen LogP contribution in [0.25, 0.3) is 11.4 Å². The molecule has 160 valence electrons. The van der Waals surface area contributed by atoms with Gasteiger partial charge in [0.15, 0.2) is 13.2 Å². The fourth-order valence-corrected chi connectivity index (χ4v) is 3.13. The minimum atomic E-state index is -0.611. The first-order valence-corrected chi connectivity index (χ1v) is 9.77. The van der Waals surface area contributed by atoms with Gasteiger partial charge in [-0.3, -0.25) is 4.79 Å². The van der Waals surface area contributed by atoms with Crippen molar-refractivity contribution in [1.82, 2.24) is 10.1 Å². The van der Waals surface area contributed by atoms with Gasteiger partial charge in [0.2, 0.25) is 11.7 Å². The number of hydrogen-bond acceptors (Lipinski definition) is 7. The molecule has 2 aromatic carbocycles. The number of hydrogen-bond donors (Lipinski definition) is 0. The summed E-state index contributed by atoms with van der Waals surface area (Å²) in [5, 5.41) is 3.77. The topological polar surface area (TPSA) is 94.8 Å². The van der Waals surface area contributed by atoms with Crippen molar-refractivity contribution in [3.05, 3.63) is 59.7 Å². The first-order valence-electron chi connectivity index (χ1n) is 9.77. The molecule has 1 aliphatic rings. The maximum atomic E-state index is 13.7. The fourth-order valence-electron chi connectivity index (χ4n) is 3.13. The highest BCUT2D eigenvalue weighted by Gasteiger charge is 2.21. The van der Waals surface area contributed by atoms with Gasteiger partial charge in [-0.05, 0) is 49.2 Å². The van der Waals surface area contributed by atoms with Crippen LogP contribution in [0.5, 0.6) is 5.75 Å². The third-order valence-electron chi connectivity index (χ3n) is 4.83. The minimum Gasteiger partial charge on any atom is -0.482 e. The molecule has 0 N–H and O–H groups in total. The average molecular weight is 425 g/mol. The molecule has 2 heterocycles. The molecule has 4 rings (SSSR count). The number of ether oxygens (including phenoxy) is 2. The molecule has 0 radical (unpaired) electrons. The molecular formula is C22H20FN3O5. The first kappa shape index (κ1) is 20.5. The lowest BCUT2D eigenvalue weighted by Gasteiger charge is -2.15. The summed E-state index contributed by atoms with van der Waals surface area (Å²) < 4.78 is 29.2. The van der Waals surface area contributed by atoms with Crippen LogP contribution >= 0.6 is 0 Å². The molecule has 0 saturated carbocycles. The standard InChI is InChI=1S/C22H20FN3O5/c1-14-4-5-15(11-18(14)23)22-24-19(31-25-22)12-30-21(28)13-29-17-8-6-16(7-9-17)26-10-2-3-20(26)27/h4-9,11H,2-3,10,12-13H2,1H3. The highest BCUT2D eigenvalue weighted by molar-refractivity contribution is 5.95. The van der Waals surface area contributed by atoms with E-state index in [0.717, 1.165) is 12.1 Å². The summed E-state index contributed by atoms with van der Waals surface area (Å²) in [5.41, 5.74) is 1.78. The van der Waals surface area contributed by atoms with Gasteiger partial charge >= 0.3 is 5.97 Å². The van der Waals surface area contributed by atoms with Crippen LogP contribution in [0, 0.1) is 12.7 Å². The van der Waals surface area contributed by atoms with Crippen LogP contribution in [0.1, 0.15) is 24.3 Å². The summed E-state index contributed by atoms with van der Waals surface area (Å²) in [5.74, 6) is -0.100. The lowest BCUT2D eigenvalue weighted by Crippen LogP contribution is -2.23. The van der Waals surface area contributed by atoms with Crippen molar-refractivity contribution in [2.75, 3.05) is 18.1 Å². The molecule has 8 nitrogen and oxygen atoms in total. The van der Waals surface area contributed by atoms with Gasteiger partial charge in [0.05, 0.1) is 0 Å². The Morgan fingerprint density at radius 3 is 2.74 bits per heavy atom. The van der Waals surface area contributed by atoms with Crippen molar-refractivity contribution < 1.29 is 28.0 Å². The molecule has 3 aromatic rings. The summed E-state index contributed by atoms with van der Waals surface area (Å²) in [4.78, 5) is 29.5. The van der Waals surface area contributed by atoms with Crippen LogP contribution in [0.2, 0.25) is 0 Å². The van der Waals surface area contributed by atoms with Gasteiger partial charge in [0, 0.05) is 24.2 Å². The fraction of sp³-hybridized carbons (Fsp3) is 0.273. The molecule has 0 unspecified atom stereocenters. The van der Waals surface area contributed by atoms with E-state index in [9.17, 15) is 14.0 Å². The number of aryl methyl sites for hydroxylation is 1. The highest BCUT2D eigenvalue weighted by atomic mass is 19.1. The number of carbonyl (C=O) groups excluding carboxylic acids is 2. The van der Waals surface area contributed by atoms with Gasteiger partial charge in [-0.15, -0.1) is 0 Å². The maximum Gasteiger partial charge on any atom is 0.344 e. The molecule has 1 aliphatic heterocycles. The van der Waals surface area contributed by atoms with Crippen LogP contribution in [0.15, 0.2) is 47.0 Å². The van der Waals surface area contributed by atoms with Gasteiger partial charge in [-0.2, -0.15) is 4.98 Å². The van der Waals surface area contributed by atoms with Gasteiger partial charge in [0.25, 0.3) is 5.89 Å². The van der Waals surface area contributed by atoms with Gasteiger partial charge in [-0.25, -0.2) is 9.18 Å². The second-order valence-electron chi connectivity index (χ2n) is 7.07. The predicted molar refractivity (Wildman–Crippen MR) is 108 cm³/mol. The van der Waals surface area contributed by atoms with E-state index in [-0.39, 0.29) is 36.7 Å². The molecule has 0 atom stereocenters. The van der Waals surface area contributed by atoms with Crippen LogP contribution in [-0.4, -0.2) is 35.2 Å². The second-order valence-corrected chi connectivity index (χ2v) is 7.07. The Hall–Kier alpha value is -3.75. The largest absolute Gasteiger partial charge is 0.482 e. The van der Waals surface area contributed by atoms with E-state index in [1.165, 1.54) is 6.07 Å². The first-order chi connectivity index (χ1) is 15.0. The number of anilines is 1. The summed E-state index contributed by atoms with van der Waals surface area (Å²) in [6, 6.07) is 11.5.